The van der Waals surface area contributed by atoms with E-state index in [0.717, 1.165) is 5.69 Å². The first-order valence-electron chi connectivity index (χ1n) is 5.28. The second-order valence-corrected chi connectivity index (χ2v) is 3.74. The average Bonchev–Trinajstić information content (AvgIpc) is 2.33. The molecule has 82 valence electrons. The fourth-order valence-electron chi connectivity index (χ4n) is 1.60. The zero-order valence-corrected chi connectivity index (χ0v) is 9.22. The van der Waals surface area contributed by atoms with Gasteiger partial charge in [0.05, 0.1) is 17.6 Å². The number of rotatable bonds is 3. The van der Waals surface area contributed by atoms with Crippen molar-refractivity contribution in [3.63, 3.8) is 0 Å². The average molecular weight is 213 g/mol. The minimum atomic E-state index is 0.228. The molecule has 0 amide bonds. The number of nitrogens with two attached hydrogens (primary N) is 1. The van der Waals surface area contributed by atoms with Crippen LogP contribution in [-0.2, 0) is 0 Å². The molecule has 0 radical (unpaired) electrons. The zero-order chi connectivity index (χ0) is 11.4. The van der Waals surface area contributed by atoms with Gasteiger partial charge in [0.25, 0.3) is 0 Å². The number of benzene rings is 1. The summed E-state index contributed by atoms with van der Waals surface area (Å²) in [6.45, 7) is 2.11. The predicted octanol–water partition coefficient (Wildman–Crippen LogP) is 2.84. The van der Waals surface area contributed by atoms with E-state index in [0.29, 0.717) is 5.69 Å². The van der Waals surface area contributed by atoms with E-state index in [1.54, 1.807) is 12.4 Å². The highest BCUT2D eigenvalue weighted by molar-refractivity contribution is 5.64. The zero-order valence-electron chi connectivity index (χ0n) is 9.22. The van der Waals surface area contributed by atoms with Crippen LogP contribution in [0.25, 0.3) is 0 Å². The van der Waals surface area contributed by atoms with E-state index in [4.69, 9.17) is 5.73 Å². The van der Waals surface area contributed by atoms with Crippen LogP contribution in [0.2, 0.25) is 0 Å². The molecule has 1 unspecified atom stereocenters. The maximum atomic E-state index is 5.82. The molecule has 0 aliphatic carbocycles. The molecule has 0 bridgehead atoms. The van der Waals surface area contributed by atoms with Gasteiger partial charge in [-0.15, -0.1) is 0 Å². The van der Waals surface area contributed by atoms with Crippen LogP contribution in [-0.4, -0.2) is 4.98 Å². The highest BCUT2D eigenvalue weighted by Gasteiger charge is 2.05. The van der Waals surface area contributed by atoms with E-state index in [-0.39, 0.29) is 6.04 Å². The van der Waals surface area contributed by atoms with Gasteiger partial charge in [-0.2, -0.15) is 0 Å². The summed E-state index contributed by atoms with van der Waals surface area (Å²) < 4.78 is 0. The summed E-state index contributed by atoms with van der Waals surface area (Å²) in [4.78, 5) is 3.96. The van der Waals surface area contributed by atoms with Crippen LogP contribution in [0.15, 0.2) is 48.8 Å². The molecule has 0 aliphatic heterocycles. The third-order valence-electron chi connectivity index (χ3n) is 2.52. The summed E-state index contributed by atoms with van der Waals surface area (Å²) in [5.74, 6) is 0. The molecule has 1 heterocycles. The fraction of sp³-hybridized carbons (Fsp3) is 0.154. The molecule has 16 heavy (non-hydrogen) atoms. The monoisotopic (exact) mass is 213 g/mol. The number of aromatic nitrogens is 1. The Labute approximate surface area is 95.3 Å². The van der Waals surface area contributed by atoms with Gasteiger partial charge < -0.3 is 11.1 Å². The fourth-order valence-corrected chi connectivity index (χ4v) is 1.60. The molecule has 1 atom stereocenters. The summed E-state index contributed by atoms with van der Waals surface area (Å²) in [6, 6.07) is 12.4. The Morgan fingerprint density at radius 1 is 1.19 bits per heavy atom. The van der Waals surface area contributed by atoms with Crippen LogP contribution in [0.1, 0.15) is 18.5 Å². The largest absolute Gasteiger partial charge is 0.396 e. The Morgan fingerprint density at radius 2 is 1.94 bits per heavy atom. The number of hydrogen-bond acceptors (Lipinski definition) is 3. The summed E-state index contributed by atoms with van der Waals surface area (Å²) in [7, 11) is 0. The van der Waals surface area contributed by atoms with Crippen molar-refractivity contribution in [3.8, 4) is 0 Å². The Bertz CT molecular complexity index is 454. The van der Waals surface area contributed by atoms with Crippen LogP contribution in [0.3, 0.4) is 0 Å². The van der Waals surface area contributed by atoms with Crippen molar-refractivity contribution in [1.82, 2.24) is 4.98 Å². The van der Waals surface area contributed by atoms with Gasteiger partial charge in [0.15, 0.2) is 0 Å². The quantitative estimate of drug-likeness (QED) is 0.824. The first kappa shape index (κ1) is 10.5. The molecule has 3 N–H and O–H groups in total. The Balaban J connectivity index is 2.14. The Morgan fingerprint density at radius 3 is 2.62 bits per heavy atom. The van der Waals surface area contributed by atoms with Gasteiger partial charge in [-0.3, -0.25) is 4.98 Å². The molecule has 0 spiro atoms. The minimum Gasteiger partial charge on any atom is -0.396 e. The molecule has 0 saturated carbocycles. The predicted molar refractivity (Wildman–Crippen MR) is 67.1 cm³/mol. The van der Waals surface area contributed by atoms with E-state index in [1.165, 1.54) is 5.56 Å². The number of nitrogens with zero attached hydrogens (tertiary/aromatic N) is 1. The van der Waals surface area contributed by atoms with Crippen LogP contribution in [0.4, 0.5) is 11.4 Å². The second kappa shape index (κ2) is 4.66. The lowest BCUT2D eigenvalue weighted by molar-refractivity contribution is 0.885. The molecule has 1 aromatic heterocycles. The van der Waals surface area contributed by atoms with Gasteiger partial charge in [-0.05, 0) is 18.6 Å². The third kappa shape index (κ3) is 2.31. The lowest BCUT2D eigenvalue weighted by atomic mass is 10.1. The summed E-state index contributed by atoms with van der Waals surface area (Å²) in [5.41, 5.74) is 8.65. The van der Waals surface area contributed by atoms with Crippen LogP contribution < -0.4 is 11.1 Å². The summed E-state index contributed by atoms with van der Waals surface area (Å²) in [6.07, 6.45) is 3.39. The molecule has 3 heteroatoms. The van der Waals surface area contributed by atoms with Gasteiger partial charge in [0.2, 0.25) is 0 Å². The van der Waals surface area contributed by atoms with Crippen molar-refractivity contribution in [1.29, 1.82) is 0 Å². The van der Waals surface area contributed by atoms with Crippen molar-refractivity contribution in [2.75, 3.05) is 11.1 Å². The number of anilines is 2. The van der Waals surface area contributed by atoms with Gasteiger partial charge in [-0.1, -0.05) is 30.3 Å². The number of hydrogen-bond donors (Lipinski definition) is 2. The standard InChI is InChI=1S/C13H15N3/c1-10(11-5-3-2-4-6-11)16-13-7-8-15-9-12(13)14/h2-10H,14H2,1H3,(H,15,16). The van der Waals surface area contributed by atoms with E-state index in [2.05, 4.69) is 29.4 Å². The van der Waals surface area contributed by atoms with Crippen LogP contribution in [0.5, 0.6) is 0 Å². The number of nitrogens with one attached hydrogen (secondary N) is 1. The summed E-state index contributed by atoms with van der Waals surface area (Å²) in [5, 5.41) is 3.36. The van der Waals surface area contributed by atoms with E-state index >= 15 is 0 Å². The van der Waals surface area contributed by atoms with Crippen molar-refractivity contribution >= 4 is 11.4 Å². The first-order valence-corrected chi connectivity index (χ1v) is 5.28. The van der Waals surface area contributed by atoms with E-state index in [9.17, 15) is 0 Å². The number of pyridine rings is 1. The van der Waals surface area contributed by atoms with Crippen molar-refractivity contribution in [2.45, 2.75) is 13.0 Å². The van der Waals surface area contributed by atoms with Gasteiger partial charge in [-0.25, -0.2) is 0 Å². The topological polar surface area (TPSA) is 50.9 Å². The lowest BCUT2D eigenvalue weighted by Gasteiger charge is -2.16. The van der Waals surface area contributed by atoms with Crippen molar-refractivity contribution < 1.29 is 0 Å². The number of nitrogen functional groups attached to an aromatic ring is 1. The van der Waals surface area contributed by atoms with Crippen LogP contribution in [0, 0.1) is 0 Å². The Hall–Kier alpha value is -2.03. The SMILES string of the molecule is CC(Nc1ccncc1N)c1ccccc1. The third-order valence-corrected chi connectivity index (χ3v) is 2.52. The maximum Gasteiger partial charge on any atom is 0.0736 e. The second-order valence-electron chi connectivity index (χ2n) is 3.74. The lowest BCUT2D eigenvalue weighted by Crippen LogP contribution is -2.08. The minimum absolute atomic E-state index is 0.228. The van der Waals surface area contributed by atoms with Crippen LogP contribution >= 0.6 is 0 Å². The Kier molecular flexibility index (Phi) is 3.05. The molecular weight excluding hydrogens is 198 g/mol. The summed E-state index contributed by atoms with van der Waals surface area (Å²) >= 11 is 0. The molecule has 2 aromatic rings. The molecule has 3 nitrogen and oxygen atoms in total. The molecule has 0 aliphatic rings. The normalized spacial score (nSPS) is 12.1. The van der Waals surface area contributed by atoms with Gasteiger partial charge in [0, 0.05) is 12.2 Å². The highest BCUT2D eigenvalue weighted by Crippen LogP contribution is 2.22. The molecule has 0 fully saturated rings. The van der Waals surface area contributed by atoms with Crippen molar-refractivity contribution in [2.24, 2.45) is 0 Å². The van der Waals surface area contributed by atoms with E-state index in [1.807, 2.05) is 24.3 Å². The molecular formula is C13H15N3. The first-order chi connectivity index (χ1) is 7.77. The molecule has 2 rings (SSSR count). The highest BCUT2D eigenvalue weighted by atomic mass is 14.9. The smallest absolute Gasteiger partial charge is 0.0736 e. The molecule has 1 aromatic carbocycles. The van der Waals surface area contributed by atoms with Crippen molar-refractivity contribution in [3.05, 3.63) is 54.4 Å². The van der Waals surface area contributed by atoms with E-state index < -0.39 is 0 Å². The maximum absolute atomic E-state index is 5.82. The van der Waals surface area contributed by atoms with Gasteiger partial charge >= 0.3 is 0 Å². The molecule has 0 saturated heterocycles. The van der Waals surface area contributed by atoms with Gasteiger partial charge in [0.1, 0.15) is 0 Å².